The highest BCUT2D eigenvalue weighted by molar-refractivity contribution is 7.99. The zero-order chi connectivity index (χ0) is 20.4. The zero-order valence-electron chi connectivity index (χ0n) is 16.4. The summed E-state index contributed by atoms with van der Waals surface area (Å²) in [6.07, 6.45) is 1.70. The highest BCUT2D eigenvalue weighted by atomic mass is 32.2. The van der Waals surface area contributed by atoms with Gasteiger partial charge < -0.3 is 10.1 Å². The SMILES string of the molecule is CC#CCN1C(=O)c2ccccc2Sc2cc(NC(=O)C3CC(OC)C3)ccc21. The summed E-state index contributed by atoms with van der Waals surface area (Å²) < 4.78 is 5.26. The highest BCUT2D eigenvalue weighted by Crippen LogP contribution is 2.42. The van der Waals surface area contributed by atoms with E-state index in [0.29, 0.717) is 12.1 Å². The summed E-state index contributed by atoms with van der Waals surface area (Å²) in [5.74, 6) is 5.81. The van der Waals surface area contributed by atoms with Crippen molar-refractivity contribution in [3.8, 4) is 11.8 Å². The number of amides is 2. The summed E-state index contributed by atoms with van der Waals surface area (Å²) in [6, 6.07) is 13.3. The number of nitrogens with one attached hydrogen (secondary N) is 1. The van der Waals surface area contributed by atoms with Crippen LogP contribution in [0, 0.1) is 17.8 Å². The Morgan fingerprint density at radius 1 is 1.24 bits per heavy atom. The van der Waals surface area contributed by atoms with Gasteiger partial charge in [-0.1, -0.05) is 29.8 Å². The van der Waals surface area contributed by atoms with E-state index in [2.05, 4.69) is 17.2 Å². The van der Waals surface area contributed by atoms with Crippen molar-refractivity contribution in [3.05, 3.63) is 48.0 Å². The number of benzene rings is 2. The minimum atomic E-state index is -0.0635. The van der Waals surface area contributed by atoms with Gasteiger partial charge >= 0.3 is 0 Å². The second kappa shape index (κ2) is 8.32. The van der Waals surface area contributed by atoms with Crippen LogP contribution in [0.5, 0.6) is 0 Å². The molecule has 0 spiro atoms. The normalized spacial score (nSPS) is 19.8. The van der Waals surface area contributed by atoms with Crippen molar-refractivity contribution in [2.75, 3.05) is 23.9 Å². The Labute approximate surface area is 174 Å². The Balaban J connectivity index is 1.63. The van der Waals surface area contributed by atoms with Gasteiger partial charge in [0.2, 0.25) is 5.91 Å². The van der Waals surface area contributed by atoms with Gasteiger partial charge in [-0.25, -0.2) is 0 Å². The van der Waals surface area contributed by atoms with Crippen molar-refractivity contribution >= 4 is 35.0 Å². The molecule has 0 bridgehead atoms. The number of hydrogen-bond donors (Lipinski definition) is 1. The first-order valence-electron chi connectivity index (χ1n) is 9.56. The van der Waals surface area contributed by atoms with E-state index < -0.39 is 0 Å². The Morgan fingerprint density at radius 3 is 2.79 bits per heavy atom. The summed E-state index contributed by atoms with van der Waals surface area (Å²) in [5, 5.41) is 3.01. The molecule has 1 aliphatic heterocycles. The molecule has 6 heteroatoms. The molecule has 2 aromatic rings. The third-order valence-corrected chi connectivity index (χ3v) is 6.44. The molecule has 1 N–H and O–H groups in total. The third-order valence-electron chi connectivity index (χ3n) is 5.31. The minimum absolute atomic E-state index is 0.00922. The monoisotopic (exact) mass is 406 g/mol. The average molecular weight is 407 g/mol. The van der Waals surface area contributed by atoms with E-state index in [1.54, 1.807) is 18.9 Å². The van der Waals surface area contributed by atoms with Crippen LogP contribution in [-0.4, -0.2) is 31.6 Å². The molecule has 0 saturated heterocycles. The largest absolute Gasteiger partial charge is 0.381 e. The maximum Gasteiger partial charge on any atom is 0.260 e. The predicted molar refractivity (Wildman–Crippen MR) is 114 cm³/mol. The van der Waals surface area contributed by atoms with Gasteiger partial charge in [0, 0.05) is 28.5 Å². The molecule has 2 aromatic carbocycles. The maximum absolute atomic E-state index is 13.1. The number of ether oxygens (including phenoxy) is 1. The summed E-state index contributed by atoms with van der Waals surface area (Å²) in [6.45, 7) is 2.09. The quantitative estimate of drug-likeness (QED) is 0.774. The molecule has 0 aromatic heterocycles. The zero-order valence-corrected chi connectivity index (χ0v) is 17.2. The van der Waals surface area contributed by atoms with Crippen LogP contribution < -0.4 is 10.2 Å². The van der Waals surface area contributed by atoms with E-state index in [4.69, 9.17) is 4.74 Å². The van der Waals surface area contributed by atoms with E-state index in [-0.39, 0.29) is 23.8 Å². The molecular formula is C23H22N2O3S. The molecule has 0 unspecified atom stereocenters. The lowest BCUT2D eigenvalue weighted by Crippen LogP contribution is -2.38. The van der Waals surface area contributed by atoms with Gasteiger partial charge in [0.05, 0.1) is 23.9 Å². The van der Waals surface area contributed by atoms with Gasteiger partial charge in [0.25, 0.3) is 5.91 Å². The fourth-order valence-corrected chi connectivity index (χ4v) is 4.65. The second-order valence-corrected chi connectivity index (χ2v) is 8.20. The fourth-order valence-electron chi connectivity index (χ4n) is 3.53. The average Bonchev–Trinajstić information content (AvgIpc) is 2.79. The van der Waals surface area contributed by atoms with Crippen LogP contribution in [0.15, 0.2) is 52.3 Å². The molecule has 2 aliphatic rings. The van der Waals surface area contributed by atoms with E-state index in [1.807, 2.05) is 42.5 Å². The molecule has 1 heterocycles. The van der Waals surface area contributed by atoms with E-state index in [0.717, 1.165) is 34.0 Å². The number of anilines is 2. The molecule has 0 radical (unpaired) electrons. The molecule has 5 nitrogen and oxygen atoms in total. The second-order valence-electron chi connectivity index (χ2n) is 7.11. The van der Waals surface area contributed by atoms with Gasteiger partial charge in [0.1, 0.15) is 0 Å². The van der Waals surface area contributed by atoms with Gasteiger partial charge in [-0.3, -0.25) is 14.5 Å². The smallest absolute Gasteiger partial charge is 0.260 e. The Bertz CT molecular complexity index is 1020. The number of hydrogen-bond acceptors (Lipinski definition) is 4. The predicted octanol–water partition coefficient (Wildman–Crippen LogP) is 4.18. The summed E-state index contributed by atoms with van der Waals surface area (Å²) in [5.41, 5.74) is 2.20. The van der Waals surface area contributed by atoms with Crippen LogP contribution in [0.4, 0.5) is 11.4 Å². The van der Waals surface area contributed by atoms with Crippen molar-refractivity contribution in [2.45, 2.75) is 35.7 Å². The Kier molecular flexibility index (Phi) is 5.61. The lowest BCUT2D eigenvalue weighted by atomic mass is 9.81. The van der Waals surface area contributed by atoms with Crippen molar-refractivity contribution in [3.63, 3.8) is 0 Å². The standard InChI is InChI=1S/C23H22N2O3S/c1-3-4-11-25-19-10-9-16(24-22(26)15-12-17(13-15)28-2)14-21(19)29-20-8-6-5-7-18(20)23(25)27/h5-10,14-15,17H,11-13H2,1-2H3,(H,24,26). The van der Waals surface area contributed by atoms with Crippen molar-refractivity contribution in [1.82, 2.24) is 0 Å². The molecule has 0 atom stereocenters. The van der Waals surface area contributed by atoms with Crippen LogP contribution in [0.25, 0.3) is 0 Å². The lowest BCUT2D eigenvalue weighted by Gasteiger charge is -2.32. The molecule has 1 saturated carbocycles. The minimum Gasteiger partial charge on any atom is -0.381 e. The van der Waals surface area contributed by atoms with Crippen LogP contribution in [-0.2, 0) is 9.53 Å². The van der Waals surface area contributed by atoms with E-state index >= 15 is 0 Å². The van der Waals surface area contributed by atoms with E-state index in [9.17, 15) is 9.59 Å². The fraction of sp³-hybridized carbons (Fsp3) is 0.304. The van der Waals surface area contributed by atoms with Gasteiger partial charge in [-0.2, -0.15) is 0 Å². The summed E-state index contributed by atoms with van der Waals surface area (Å²) >= 11 is 1.54. The third kappa shape index (κ3) is 3.89. The molecule has 148 valence electrons. The molecule has 29 heavy (non-hydrogen) atoms. The highest BCUT2D eigenvalue weighted by Gasteiger charge is 2.34. The lowest BCUT2D eigenvalue weighted by molar-refractivity contribution is -0.127. The first-order chi connectivity index (χ1) is 14.1. The first kappa shape index (κ1) is 19.6. The number of nitrogens with zero attached hydrogens (tertiary/aromatic N) is 1. The maximum atomic E-state index is 13.1. The molecule has 1 fully saturated rings. The summed E-state index contributed by atoms with van der Waals surface area (Å²) in [7, 11) is 1.68. The van der Waals surface area contributed by atoms with Gasteiger partial charge in [-0.15, -0.1) is 5.92 Å². The molecular weight excluding hydrogens is 384 g/mol. The van der Waals surface area contributed by atoms with Crippen molar-refractivity contribution in [2.24, 2.45) is 5.92 Å². The van der Waals surface area contributed by atoms with Crippen LogP contribution in [0.1, 0.15) is 30.1 Å². The molecule has 1 aliphatic carbocycles. The van der Waals surface area contributed by atoms with Gasteiger partial charge in [-0.05, 0) is 50.1 Å². The number of carbonyl (C=O) groups is 2. The summed E-state index contributed by atoms with van der Waals surface area (Å²) in [4.78, 5) is 29.1. The number of carbonyl (C=O) groups excluding carboxylic acids is 2. The first-order valence-corrected chi connectivity index (χ1v) is 10.4. The Morgan fingerprint density at radius 2 is 2.03 bits per heavy atom. The number of fused-ring (bicyclic) bond motifs is 2. The number of methoxy groups -OCH3 is 1. The van der Waals surface area contributed by atoms with Crippen LogP contribution in [0.3, 0.4) is 0 Å². The molecule has 2 amide bonds. The van der Waals surface area contributed by atoms with Gasteiger partial charge in [0.15, 0.2) is 0 Å². The van der Waals surface area contributed by atoms with Crippen LogP contribution in [0.2, 0.25) is 0 Å². The molecule has 4 rings (SSSR count). The van der Waals surface area contributed by atoms with Crippen molar-refractivity contribution in [1.29, 1.82) is 0 Å². The topological polar surface area (TPSA) is 58.6 Å². The Hall–Kier alpha value is -2.75. The van der Waals surface area contributed by atoms with E-state index in [1.165, 1.54) is 11.8 Å². The van der Waals surface area contributed by atoms with Crippen LogP contribution >= 0.6 is 11.8 Å². The van der Waals surface area contributed by atoms with Crippen molar-refractivity contribution < 1.29 is 14.3 Å². The number of rotatable bonds is 4.